The average Bonchev–Trinajstić information content (AvgIpc) is 2.68. The summed E-state index contributed by atoms with van der Waals surface area (Å²) in [5, 5.41) is 0.532. The van der Waals surface area contributed by atoms with Gasteiger partial charge in [-0.3, -0.25) is 9.55 Å². The average molecular weight is 246 g/mol. The lowest BCUT2D eigenvalue weighted by Gasteiger charge is -2.03. The minimum Gasteiger partial charge on any atom is -0.305 e. The van der Waals surface area contributed by atoms with E-state index in [0.717, 1.165) is 0 Å². The monoisotopic (exact) mass is 245 g/mol. The van der Waals surface area contributed by atoms with Gasteiger partial charge in [0.25, 0.3) is 0 Å². The lowest BCUT2D eigenvalue weighted by atomic mass is 10.3. The van der Waals surface area contributed by atoms with Gasteiger partial charge in [-0.15, -0.1) is 0 Å². The molecule has 0 spiro atoms. The summed E-state index contributed by atoms with van der Waals surface area (Å²) in [5.74, 6) is 0. The molecule has 0 fully saturated rings. The summed E-state index contributed by atoms with van der Waals surface area (Å²) in [5.41, 5.74) is 1.86. The molecule has 0 radical (unpaired) electrons. The summed E-state index contributed by atoms with van der Waals surface area (Å²) in [6.45, 7) is 0. The molecule has 0 bridgehead atoms. The second-order valence-corrected chi connectivity index (χ2v) is 4.02. The number of para-hydroxylation sites is 1. The molecule has 0 saturated carbocycles. The highest BCUT2D eigenvalue weighted by Crippen LogP contribution is 2.22. The number of hydrogen-bond acceptors (Lipinski definition) is 2. The van der Waals surface area contributed by atoms with Crippen LogP contribution >= 0.6 is 11.6 Å². The molecule has 1 N–H and O–H groups in total. The van der Waals surface area contributed by atoms with Gasteiger partial charge in [0.05, 0.1) is 27.9 Å². The number of rotatable bonds is 1. The third-order valence-corrected chi connectivity index (χ3v) is 2.86. The molecule has 3 aromatic rings. The number of nitrogens with one attached hydrogen (secondary N) is 1. The van der Waals surface area contributed by atoms with Gasteiger partial charge in [0.15, 0.2) is 0 Å². The van der Waals surface area contributed by atoms with E-state index in [0.29, 0.717) is 21.7 Å². The highest BCUT2D eigenvalue weighted by Gasteiger charge is 2.11. The molecule has 0 aliphatic heterocycles. The van der Waals surface area contributed by atoms with E-state index in [2.05, 4.69) is 9.97 Å². The van der Waals surface area contributed by atoms with Gasteiger partial charge < -0.3 is 4.98 Å². The highest BCUT2D eigenvalue weighted by atomic mass is 35.5. The number of nitrogens with zero attached hydrogens (tertiary/aromatic N) is 2. The van der Waals surface area contributed by atoms with E-state index in [-0.39, 0.29) is 5.69 Å². The topological polar surface area (TPSA) is 50.7 Å². The number of aromatic amines is 1. The fourth-order valence-electron chi connectivity index (χ4n) is 1.85. The molecule has 0 unspecified atom stereocenters. The third-order valence-electron chi connectivity index (χ3n) is 2.56. The molecule has 4 nitrogen and oxygen atoms in total. The van der Waals surface area contributed by atoms with E-state index in [1.165, 1.54) is 4.57 Å². The van der Waals surface area contributed by atoms with Gasteiger partial charge in [-0.05, 0) is 24.3 Å². The van der Waals surface area contributed by atoms with Gasteiger partial charge in [-0.25, -0.2) is 4.79 Å². The minimum absolute atomic E-state index is 0.221. The Morgan fingerprint density at radius 1 is 1.24 bits per heavy atom. The summed E-state index contributed by atoms with van der Waals surface area (Å²) >= 11 is 6.13. The zero-order valence-electron chi connectivity index (χ0n) is 8.72. The van der Waals surface area contributed by atoms with Gasteiger partial charge in [0.1, 0.15) is 0 Å². The van der Waals surface area contributed by atoms with Crippen molar-refractivity contribution in [3.05, 3.63) is 58.2 Å². The van der Waals surface area contributed by atoms with Crippen molar-refractivity contribution in [2.24, 2.45) is 0 Å². The largest absolute Gasteiger partial charge is 0.331 e. The molecule has 0 aliphatic carbocycles. The second kappa shape index (κ2) is 3.75. The van der Waals surface area contributed by atoms with Gasteiger partial charge in [-0.1, -0.05) is 17.7 Å². The summed E-state index contributed by atoms with van der Waals surface area (Å²) in [4.78, 5) is 18.7. The zero-order chi connectivity index (χ0) is 11.8. The Bertz CT molecular complexity index is 730. The van der Waals surface area contributed by atoms with Crippen LogP contribution in [0.5, 0.6) is 0 Å². The Balaban J connectivity index is 2.45. The maximum Gasteiger partial charge on any atom is 0.331 e. The molecule has 0 saturated heterocycles. The molecule has 0 atom stereocenters. The Morgan fingerprint density at radius 3 is 2.88 bits per heavy atom. The number of halogens is 1. The van der Waals surface area contributed by atoms with Crippen molar-refractivity contribution in [1.82, 2.24) is 14.5 Å². The Labute approximate surface area is 101 Å². The van der Waals surface area contributed by atoms with E-state index in [9.17, 15) is 4.79 Å². The molecular formula is C12H8ClN3O. The van der Waals surface area contributed by atoms with Gasteiger partial charge >= 0.3 is 5.69 Å². The number of imidazole rings is 1. The van der Waals surface area contributed by atoms with E-state index in [4.69, 9.17) is 11.6 Å². The summed E-state index contributed by atoms with van der Waals surface area (Å²) in [6, 6.07) is 8.95. The van der Waals surface area contributed by atoms with Crippen LogP contribution in [-0.4, -0.2) is 14.5 Å². The summed E-state index contributed by atoms with van der Waals surface area (Å²) < 4.78 is 1.52. The van der Waals surface area contributed by atoms with Crippen molar-refractivity contribution < 1.29 is 0 Å². The fraction of sp³-hybridized carbons (Fsp3) is 0. The minimum atomic E-state index is -0.221. The van der Waals surface area contributed by atoms with E-state index >= 15 is 0 Å². The van der Waals surface area contributed by atoms with Crippen LogP contribution in [0.25, 0.3) is 16.7 Å². The maximum atomic E-state index is 11.9. The van der Waals surface area contributed by atoms with E-state index < -0.39 is 0 Å². The van der Waals surface area contributed by atoms with Crippen molar-refractivity contribution in [3.63, 3.8) is 0 Å². The van der Waals surface area contributed by atoms with Crippen LogP contribution in [0, 0.1) is 0 Å². The van der Waals surface area contributed by atoms with Crippen LogP contribution in [0.2, 0.25) is 5.02 Å². The smallest absolute Gasteiger partial charge is 0.305 e. The first-order valence-corrected chi connectivity index (χ1v) is 5.45. The summed E-state index contributed by atoms with van der Waals surface area (Å²) in [7, 11) is 0. The molecule has 0 amide bonds. The molecule has 0 aliphatic rings. The van der Waals surface area contributed by atoms with Crippen molar-refractivity contribution in [2.45, 2.75) is 0 Å². The molecule has 84 valence electrons. The predicted molar refractivity (Wildman–Crippen MR) is 66.7 cm³/mol. The SMILES string of the molecule is O=c1[nH]c2cccc(Cl)c2n1-c1cccnc1. The number of aromatic nitrogens is 3. The van der Waals surface area contributed by atoms with Crippen molar-refractivity contribution in [2.75, 3.05) is 0 Å². The quantitative estimate of drug-likeness (QED) is 0.716. The molecule has 1 aromatic carbocycles. The van der Waals surface area contributed by atoms with Gasteiger partial charge in [-0.2, -0.15) is 0 Å². The number of fused-ring (bicyclic) bond motifs is 1. The Kier molecular flexibility index (Phi) is 2.23. The number of hydrogen-bond donors (Lipinski definition) is 1. The van der Waals surface area contributed by atoms with Gasteiger partial charge in [0, 0.05) is 6.20 Å². The van der Waals surface area contributed by atoms with Crippen molar-refractivity contribution in [3.8, 4) is 5.69 Å². The third kappa shape index (κ3) is 1.54. The molecule has 2 aromatic heterocycles. The second-order valence-electron chi connectivity index (χ2n) is 3.61. The van der Waals surface area contributed by atoms with Crippen LogP contribution in [0.3, 0.4) is 0 Å². The molecule has 3 rings (SSSR count). The zero-order valence-corrected chi connectivity index (χ0v) is 9.48. The standard InChI is InChI=1S/C12H8ClN3O/c13-9-4-1-5-10-11(9)16(12(17)15-10)8-3-2-6-14-7-8/h1-7H,(H,15,17). The lowest BCUT2D eigenvalue weighted by molar-refractivity contribution is 1.00. The van der Waals surface area contributed by atoms with Gasteiger partial charge in [0.2, 0.25) is 0 Å². The number of benzene rings is 1. The van der Waals surface area contributed by atoms with Crippen LogP contribution in [0.15, 0.2) is 47.5 Å². The van der Waals surface area contributed by atoms with Crippen molar-refractivity contribution >= 4 is 22.6 Å². The predicted octanol–water partition coefficient (Wildman–Crippen LogP) is 2.37. The number of pyridine rings is 1. The fourth-order valence-corrected chi connectivity index (χ4v) is 2.11. The molecule has 2 heterocycles. The Morgan fingerprint density at radius 2 is 2.12 bits per heavy atom. The maximum absolute atomic E-state index is 11.9. The van der Waals surface area contributed by atoms with Crippen LogP contribution in [-0.2, 0) is 0 Å². The Hall–Kier alpha value is -2.07. The van der Waals surface area contributed by atoms with E-state index in [1.807, 2.05) is 12.1 Å². The summed E-state index contributed by atoms with van der Waals surface area (Å²) in [6.07, 6.45) is 3.28. The molecule has 17 heavy (non-hydrogen) atoms. The lowest BCUT2D eigenvalue weighted by Crippen LogP contribution is -2.14. The first kappa shape index (κ1) is 10.1. The number of H-pyrrole nitrogens is 1. The van der Waals surface area contributed by atoms with E-state index in [1.54, 1.807) is 30.6 Å². The first-order valence-electron chi connectivity index (χ1n) is 5.07. The normalized spacial score (nSPS) is 10.9. The van der Waals surface area contributed by atoms with Crippen LogP contribution < -0.4 is 5.69 Å². The highest BCUT2D eigenvalue weighted by molar-refractivity contribution is 6.35. The van der Waals surface area contributed by atoms with Crippen LogP contribution in [0.1, 0.15) is 0 Å². The first-order chi connectivity index (χ1) is 8.27. The van der Waals surface area contributed by atoms with Crippen molar-refractivity contribution in [1.29, 1.82) is 0 Å². The molecule has 5 heteroatoms. The van der Waals surface area contributed by atoms with Crippen LogP contribution in [0.4, 0.5) is 0 Å². The molecular weight excluding hydrogens is 238 g/mol.